The standard InChI is InChI=1S/C17H26O4/c1-12(2)6-8-17(9-7-15(20)21-5)13(18)10-16(3,4)11-14(17)19/h6H,7-11H2,1-5H3. The number of rotatable bonds is 5. The van der Waals surface area contributed by atoms with E-state index >= 15 is 0 Å². The van der Waals surface area contributed by atoms with Crippen molar-refractivity contribution in [2.45, 2.75) is 59.8 Å². The monoisotopic (exact) mass is 294 g/mol. The van der Waals surface area contributed by atoms with E-state index in [1.165, 1.54) is 7.11 Å². The van der Waals surface area contributed by atoms with Crippen LogP contribution in [-0.4, -0.2) is 24.6 Å². The minimum absolute atomic E-state index is 0.0369. The van der Waals surface area contributed by atoms with Crippen LogP contribution in [0.4, 0.5) is 0 Å². The van der Waals surface area contributed by atoms with Crippen molar-refractivity contribution in [2.75, 3.05) is 7.11 Å². The van der Waals surface area contributed by atoms with Crippen molar-refractivity contribution in [2.24, 2.45) is 10.8 Å². The molecular formula is C17H26O4. The molecule has 0 aromatic carbocycles. The Morgan fingerprint density at radius 2 is 1.71 bits per heavy atom. The Labute approximate surface area is 126 Å². The average molecular weight is 294 g/mol. The molecule has 1 aliphatic rings. The van der Waals surface area contributed by atoms with Crippen LogP contribution in [0.2, 0.25) is 0 Å². The number of Topliss-reactive ketones (excluding diaryl/α,β-unsaturated/α-hetero) is 2. The van der Waals surface area contributed by atoms with Crippen LogP contribution >= 0.6 is 0 Å². The van der Waals surface area contributed by atoms with Gasteiger partial charge in [0.05, 0.1) is 12.5 Å². The molecule has 0 radical (unpaired) electrons. The smallest absolute Gasteiger partial charge is 0.305 e. The molecule has 1 aliphatic carbocycles. The molecule has 4 heteroatoms. The molecule has 0 bridgehead atoms. The predicted molar refractivity (Wildman–Crippen MR) is 80.8 cm³/mol. The summed E-state index contributed by atoms with van der Waals surface area (Å²) in [6, 6.07) is 0. The zero-order chi connectivity index (χ0) is 16.3. The number of allylic oxidation sites excluding steroid dienone is 2. The van der Waals surface area contributed by atoms with Gasteiger partial charge in [-0.05, 0) is 32.1 Å². The Kier molecular flexibility index (Phi) is 5.48. The fourth-order valence-corrected chi connectivity index (χ4v) is 2.83. The third-order valence-corrected chi connectivity index (χ3v) is 4.19. The molecule has 4 nitrogen and oxygen atoms in total. The maximum atomic E-state index is 12.7. The Morgan fingerprint density at radius 1 is 1.19 bits per heavy atom. The molecule has 0 unspecified atom stereocenters. The van der Waals surface area contributed by atoms with Gasteiger partial charge in [0.15, 0.2) is 0 Å². The van der Waals surface area contributed by atoms with Crippen molar-refractivity contribution in [3.8, 4) is 0 Å². The van der Waals surface area contributed by atoms with E-state index in [-0.39, 0.29) is 35.8 Å². The summed E-state index contributed by atoms with van der Waals surface area (Å²) in [6.45, 7) is 7.76. The van der Waals surface area contributed by atoms with E-state index in [2.05, 4.69) is 4.74 Å². The van der Waals surface area contributed by atoms with Crippen LogP contribution in [0.1, 0.15) is 59.8 Å². The molecule has 118 valence electrons. The number of hydrogen-bond acceptors (Lipinski definition) is 4. The van der Waals surface area contributed by atoms with E-state index in [1.807, 2.05) is 33.8 Å². The Balaban J connectivity index is 3.06. The van der Waals surface area contributed by atoms with Crippen molar-refractivity contribution in [3.63, 3.8) is 0 Å². The molecule has 1 rings (SSSR count). The molecular weight excluding hydrogens is 268 g/mol. The summed E-state index contributed by atoms with van der Waals surface area (Å²) in [5.74, 6) is -0.452. The van der Waals surface area contributed by atoms with Crippen molar-refractivity contribution >= 4 is 17.5 Å². The Hall–Kier alpha value is -1.45. The van der Waals surface area contributed by atoms with Crippen LogP contribution in [0.15, 0.2) is 11.6 Å². The Bertz CT molecular complexity index is 447. The van der Waals surface area contributed by atoms with Gasteiger partial charge in [-0.25, -0.2) is 0 Å². The molecule has 0 aromatic heterocycles. The summed E-state index contributed by atoms with van der Waals surface area (Å²) in [5, 5.41) is 0. The van der Waals surface area contributed by atoms with E-state index < -0.39 is 5.41 Å². The van der Waals surface area contributed by atoms with Crippen molar-refractivity contribution < 1.29 is 19.1 Å². The van der Waals surface area contributed by atoms with Gasteiger partial charge < -0.3 is 4.74 Å². The van der Waals surface area contributed by atoms with Crippen LogP contribution in [0.3, 0.4) is 0 Å². The van der Waals surface area contributed by atoms with Crippen LogP contribution in [0.5, 0.6) is 0 Å². The second-order valence-electron chi connectivity index (χ2n) is 7.01. The summed E-state index contributed by atoms with van der Waals surface area (Å²) in [6.07, 6.45) is 3.43. The molecule has 0 spiro atoms. The zero-order valence-corrected chi connectivity index (χ0v) is 13.7. The van der Waals surface area contributed by atoms with Gasteiger partial charge in [0.2, 0.25) is 0 Å². The second-order valence-corrected chi connectivity index (χ2v) is 7.01. The van der Waals surface area contributed by atoms with Crippen LogP contribution in [-0.2, 0) is 19.1 Å². The summed E-state index contributed by atoms with van der Waals surface area (Å²) in [4.78, 5) is 36.7. The summed E-state index contributed by atoms with van der Waals surface area (Å²) < 4.78 is 4.65. The lowest BCUT2D eigenvalue weighted by atomic mass is 9.60. The first-order valence-electron chi connectivity index (χ1n) is 7.40. The molecule has 1 fully saturated rings. The lowest BCUT2D eigenvalue weighted by Gasteiger charge is -2.40. The molecule has 0 saturated heterocycles. The van der Waals surface area contributed by atoms with Gasteiger partial charge in [0.25, 0.3) is 0 Å². The van der Waals surface area contributed by atoms with Crippen LogP contribution < -0.4 is 0 Å². The lowest BCUT2D eigenvalue weighted by Crippen LogP contribution is -2.47. The molecule has 0 amide bonds. The van der Waals surface area contributed by atoms with E-state index in [4.69, 9.17) is 0 Å². The lowest BCUT2D eigenvalue weighted by molar-refractivity contribution is -0.150. The van der Waals surface area contributed by atoms with Crippen molar-refractivity contribution in [3.05, 3.63) is 11.6 Å². The maximum Gasteiger partial charge on any atom is 0.305 e. The predicted octanol–water partition coefficient (Wildman–Crippen LogP) is 3.24. The van der Waals surface area contributed by atoms with Gasteiger partial charge in [-0.1, -0.05) is 25.5 Å². The number of hydrogen-bond donors (Lipinski definition) is 0. The fourth-order valence-electron chi connectivity index (χ4n) is 2.83. The third kappa shape index (κ3) is 4.26. The Morgan fingerprint density at radius 3 is 2.14 bits per heavy atom. The highest BCUT2D eigenvalue weighted by molar-refractivity contribution is 6.10. The van der Waals surface area contributed by atoms with Crippen molar-refractivity contribution in [1.29, 1.82) is 0 Å². The quantitative estimate of drug-likeness (QED) is 0.443. The number of ether oxygens (including phenoxy) is 1. The van der Waals surface area contributed by atoms with Gasteiger partial charge in [0.1, 0.15) is 11.6 Å². The molecule has 0 atom stereocenters. The number of carbonyl (C=O) groups is 3. The number of methoxy groups -OCH3 is 1. The highest BCUT2D eigenvalue weighted by Crippen LogP contribution is 2.45. The summed E-state index contributed by atoms with van der Waals surface area (Å²) in [5.41, 5.74) is -0.257. The molecule has 0 aromatic rings. The first kappa shape index (κ1) is 17.6. The molecule has 0 N–H and O–H groups in total. The largest absolute Gasteiger partial charge is 0.469 e. The highest BCUT2D eigenvalue weighted by atomic mass is 16.5. The fraction of sp³-hybridized carbons (Fsp3) is 0.706. The van der Waals surface area contributed by atoms with Gasteiger partial charge in [0, 0.05) is 19.3 Å². The third-order valence-electron chi connectivity index (χ3n) is 4.19. The zero-order valence-electron chi connectivity index (χ0n) is 13.7. The molecule has 21 heavy (non-hydrogen) atoms. The van der Waals surface area contributed by atoms with Gasteiger partial charge in [-0.15, -0.1) is 0 Å². The maximum absolute atomic E-state index is 12.7. The van der Waals surface area contributed by atoms with Gasteiger partial charge >= 0.3 is 5.97 Å². The summed E-state index contributed by atoms with van der Waals surface area (Å²) >= 11 is 0. The van der Waals surface area contributed by atoms with Crippen LogP contribution in [0.25, 0.3) is 0 Å². The van der Waals surface area contributed by atoms with E-state index in [0.717, 1.165) is 5.57 Å². The minimum atomic E-state index is -1.04. The minimum Gasteiger partial charge on any atom is -0.469 e. The SMILES string of the molecule is COC(=O)CCC1(CC=C(C)C)C(=O)CC(C)(C)CC1=O. The number of ketones is 2. The van der Waals surface area contributed by atoms with Gasteiger partial charge in [-0.3, -0.25) is 14.4 Å². The van der Waals surface area contributed by atoms with E-state index in [9.17, 15) is 14.4 Å². The number of esters is 1. The van der Waals surface area contributed by atoms with E-state index in [0.29, 0.717) is 19.3 Å². The average Bonchev–Trinajstić information content (AvgIpc) is 2.35. The first-order chi connectivity index (χ1) is 9.63. The van der Waals surface area contributed by atoms with Crippen molar-refractivity contribution in [1.82, 2.24) is 0 Å². The molecule has 0 heterocycles. The first-order valence-corrected chi connectivity index (χ1v) is 7.40. The number of carbonyl (C=O) groups excluding carboxylic acids is 3. The second kappa shape index (κ2) is 6.54. The molecule has 1 saturated carbocycles. The highest BCUT2D eigenvalue weighted by Gasteiger charge is 2.50. The van der Waals surface area contributed by atoms with E-state index in [1.54, 1.807) is 0 Å². The van der Waals surface area contributed by atoms with Crippen LogP contribution in [0, 0.1) is 10.8 Å². The normalized spacial score (nSPS) is 20.0. The topological polar surface area (TPSA) is 60.4 Å². The molecule has 0 aliphatic heterocycles. The summed E-state index contributed by atoms with van der Waals surface area (Å²) in [7, 11) is 1.32. The van der Waals surface area contributed by atoms with Gasteiger partial charge in [-0.2, -0.15) is 0 Å².